The Kier molecular flexibility index (Phi) is 8.39. The van der Waals surface area contributed by atoms with Gasteiger partial charge in [-0.15, -0.1) is 0 Å². The average molecular weight is 727 g/mol. The molecule has 0 spiro atoms. The molecule has 266 valence electrons. The molecule has 0 N–H and O–H groups in total. The third-order valence-electron chi connectivity index (χ3n) is 11.0. The fraction of sp³-hybridized carbons (Fsp3) is 0.0189. The molecule has 1 aliphatic carbocycles. The van der Waals surface area contributed by atoms with Gasteiger partial charge in [-0.05, 0) is 73.8 Å². The lowest BCUT2D eigenvalue weighted by molar-refractivity contribution is 0.768. The molecule has 4 nitrogen and oxygen atoms in total. The number of aromatic nitrogens is 3. The highest BCUT2D eigenvalue weighted by Gasteiger charge is 2.46. The van der Waals surface area contributed by atoms with Gasteiger partial charge in [-0.3, -0.25) is 0 Å². The maximum Gasteiger partial charge on any atom is 0.187 e. The molecular weight excluding hydrogens is 693 g/mol. The Morgan fingerprint density at radius 3 is 1.33 bits per heavy atom. The van der Waals surface area contributed by atoms with Gasteiger partial charge in [0, 0.05) is 16.7 Å². The van der Waals surface area contributed by atoms with Gasteiger partial charge < -0.3 is 0 Å². The Balaban J connectivity index is 1.10. The first kappa shape index (κ1) is 33.8. The fourth-order valence-electron chi connectivity index (χ4n) is 8.37. The van der Waals surface area contributed by atoms with E-state index in [9.17, 15) is 0 Å². The molecule has 0 saturated heterocycles. The third-order valence-corrected chi connectivity index (χ3v) is 11.0. The van der Waals surface area contributed by atoms with Gasteiger partial charge >= 0.3 is 0 Å². The van der Waals surface area contributed by atoms with Crippen molar-refractivity contribution in [1.82, 2.24) is 15.0 Å². The summed E-state index contributed by atoms with van der Waals surface area (Å²) in [6.07, 6.45) is 0. The summed E-state index contributed by atoms with van der Waals surface area (Å²) < 4.78 is 0. The number of hydrogen-bond donors (Lipinski definition) is 0. The Bertz CT molecular complexity index is 2900. The van der Waals surface area contributed by atoms with Gasteiger partial charge in [0.15, 0.2) is 23.2 Å². The molecule has 0 fully saturated rings. The van der Waals surface area contributed by atoms with Gasteiger partial charge in [0.1, 0.15) is 0 Å². The highest BCUT2D eigenvalue weighted by molar-refractivity contribution is 5.90. The van der Waals surface area contributed by atoms with E-state index >= 15 is 0 Å². The molecular formula is C53H34N4. The zero-order valence-electron chi connectivity index (χ0n) is 30.9. The van der Waals surface area contributed by atoms with E-state index in [0.717, 1.165) is 50.1 Å². The van der Waals surface area contributed by atoms with Crippen LogP contribution in [0.15, 0.2) is 206 Å². The van der Waals surface area contributed by atoms with Crippen LogP contribution in [0.1, 0.15) is 22.3 Å². The van der Waals surface area contributed by atoms with Gasteiger partial charge in [-0.25, -0.2) is 19.8 Å². The Morgan fingerprint density at radius 2 is 0.737 bits per heavy atom. The first-order valence-corrected chi connectivity index (χ1v) is 19.1. The average Bonchev–Trinajstić information content (AvgIpc) is 3.60. The van der Waals surface area contributed by atoms with Gasteiger partial charge in [-0.1, -0.05) is 188 Å². The van der Waals surface area contributed by atoms with E-state index in [1.54, 1.807) is 0 Å². The molecule has 0 atom stereocenters. The van der Waals surface area contributed by atoms with E-state index in [1.807, 2.05) is 42.5 Å². The topological polar surface area (TPSA) is 43.0 Å². The molecule has 1 aromatic heterocycles. The molecule has 10 rings (SSSR count). The van der Waals surface area contributed by atoms with Crippen molar-refractivity contribution in [3.63, 3.8) is 0 Å². The monoisotopic (exact) mass is 726 g/mol. The third kappa shape index (κ3) is 5.90. The Hall–Kier alpha value is -7.74. The standard InChI is InChI=1S/C53H34N4/c1-54-45-30-32-49-47(35-45)46-34-41(29-31-48(46)53(49,43-21-10-4-11-22-43)44-23-12-5-13-24-44)40-19-14-20-42(33-40)52-56-50(38-17-8-3-9-18-38)55-51(57-52)39-27-25-37(26-28-39)36-15-6-2-7-16-36/h2-35H. The normalized spacial score (nSPS) is 12.3. The second-order valence-electron chi connectivity index (χ2n) is 14.3. The Labute approximate surface area is 332 Å². The number of nitrogens with zero attached hydrogens (tertiary/aromatic N) is 4. The first-order valence-electron chi connectivity index (χ1n) is 19.1. The van der Waals surface area contributed by atoms with Crippen LogP contribution in [0.3, 0.4) is 0 Å². The van der Waals surface area contributed by atoms with Crippen LogP contribution in [0.5, 0.6) is 0 Å². The highest BCUT2D eigenvalue weighted by atomic mass is 15.0. The van der Waals surface area contributed by atoms with Crippen LogP contribution in [0, 0.1) is 6.57 Å². The minimum Gasteiger partial charge on any atom is -0.238 e. The summed E-state index contributed by atoms with van der Waals surface area (Å²) in [6, 6.07) is 71.7. The first-order chi connectivity index (χ1) is 28.2. The van der Waals surface area contributed by atoms with Crippen LogP contribution >= 0.6 is 0 Å². The van der Waals surface area contributed by atoms with Crippen molar-refractivity contribution < 1.29 is 0 Å². The smallest absolute Gasteiger partial charge is 0.187 e. The molecule has 1 aliphatic rings. The second-order valence-corrected chi connectivity index (χ2v) is 14.3. The lowest BCUT2D eigenvalue weighted by atomic mass is 9.67. The van der Waals surface area contributed by atoms with Gasteiger partial charge in [0.25, 0.3) is 0 Å². The molecule has 0 radical (unpaired) electrons. The van der Waals surface area contributed by atoms with E-state index in [4.69, 9.17) is 21.5 Å². The summed E-state index contributed by atoms with van der Waals surface area (Å²) in [5.41, 5.74) is 14.2. The predicted octanol–water partition coefficient (Wildman–Crippen LogP) is 13.1. The van der Waals surface area contributed by atoms with E-state index in [0.29, 0.717) is 23.2 Å². The zero-order valence-corrected chi connectivity index (χ0v) is 30.9. The highest BCUT2D eigenvalue weighted by Crippen LogP contribution is 2.57. The molecule has 0 bridgehead atoms. The van der Waals surface area contributed by atoms with Gasteiger partial charge in [-0.2, -0.15) is 0 Å². The summed E-state index contributed by atoms with van der Waals surface area (Å²) in [5, 5.41) is 0. The maximum atomic E-state index is 7.89. The van der Waals surface area contributed by atoms with Crippen LogP contribution in [0.2, 0.25) is 0 Å². The maximum absolute atomic E-state index is 7.89. The van der Waals surface area contributed by atoms with Crippen LogP contribution in [-0.2, 0) is 5.41 Å². The molecule has 8 aromatic carbocycles. The van der Waals surface area contributed by atoms with Crippen molar-refractivity contribution in [3.8, 4) is 67.5 Å². The van der Waals surface area contributed by atoms with Crippen LogP contribution in [0.25, 0.3) is 72.4 Å². The molecule has 4 heteroatoms. The number of benzene rings is 8. The van der Waals surface area contributed by atoms with Crippen molar-refractivity contribution in [2.45, 2.75) is 5.41 Å². The minimum atomic E-state index is -0.539. The SMILES string of the molecule is [C-]#[N+]c1ccc2c(c1)-c1cc(-c3cccc(-c4nc(-c5ccccc5)nc(-c5ccc(-c6ccccc6)cc5)n4)c3)ccc1C2(c1ccccc1)c1ccccc1. The quantitative estimate of drug-likeness (QED) is 0.154. The molecule has 0 saturated carbocycles. The zero-order chi connectivity index (χ0) is 38.2. The van der Waals surface area contributed by atoms with Crippen LogP contribution in [0.4, 0.5) is 5.69 Å². The summed E-state index contributed by atoms with van der Waals surface area (Å²) in [5.74, 6) is 1.84. The van der Waals surface area contributed by atoms with E-state index < -0.39 is 5.41 Å². The van der Waals surface area contributed by atoms with Crippen molar-refractivity contribution in [2.75, 3.05) is 0 Å². The molecule has 0 unspecified atom stereocenters. The fourth-order valence-corrected chi connectivity index (χ4v) is 8.37. The van der Waals surface area contributed by atoms with Crippen molar-refractivity contribution >= 4 is 5.69 Å². The van der Waals surface area contributed by atoms with Crippen molar-refractivity contribution in [2.24, 2.45) is 0 Å². The predicted molar refractivity (Wildman–Crippen MR) is 231 cm³/mol. The lowest BCUT2D eigenvalue weighted by Crippen LogP contribution is -2.28. The summed E-state index contributed by atoms with van der Waals surface area (Å²) >= 11 is 0. The molecule has 57 heavy (non-hydrogen) atoms. The number of rotatable bonds is 7. The largest absolute Gasteiger partial charge is 0.238 e. The van der Waals surface area contributed by atoms with E-state index in [1.165, 1.54) is 22.3 Å². The number of fused-ring (bicyclic) bond motifs is 3. The summed E-state index contributed by atoms with van der Waals surface area (Å²) in [6.45, 7) is 7.89. The van der Waals surface area contributed by atoms with E-state index in [2.05, 4.69) is 169 Å². The van der Waals surface area contributed by atoms with Crippen molar-refractivity contribution in [3.05, 3.63) is 240 Å². The van der Waals surface area contributed by atoms with Crippen LogP contribution < -0.4 is 0 Å². The van der Waals surface area contributed by atoms with Crippen molar-refractivity contribution in [1.29, 1.82) is 0 Å². The van der Waals surface area contributed by atoms with Gasteiger partial charge in [0.05, 0.1) is 12.0 Å². The molecule has 0 aliphatic heterocycles. The molecule has 0 amide bonds. The number of hydrogen-bond acceptors (Lipinski definition) is 3. The molecule has 1 heterocycles. The second kappa shape index (κ2) is 14.2. The Morgan fingerprint density at radius 1 is 0.333 bits per heavy atom. The van der Waals surface area contributed by atoms with Crippen LogP contribution in [-0.4, -0.2) is 15.0 Å². The van der Waals surface area contributed by atoms with E-state index in [-0.39, 0.29) is 0 Å². The van der Waals surface area contributed by atoms with Gasteiger partial charge in [0.2, 0.25) is 0 Å². The summed E-state index contributed by atoms with van der Waals surface area (Å²) in [4.78, 5) is 18.9. The minimum absolute atomic E-state index is 0.539. The lowest BCUT2D eigenvalue weighted by Gasteiger charge is -2.34. The molecule has 9 aromatic rings. The summed E-state index contributed by atoms with van der Waals surface area (Å²) in [7, 11) is 0.